The largest absolute Gasteiger partial charge is 0.478 e. The van der Waals surface area contributed by atoms with Crippen LogP contribution in [0, 0.1) is 11.3 Å². The van der Waals surface area contributed by atoms with Gasteiger partial charge in [0.15, 0.2) is 0 Å². The fraction of sp³-hybridized carbons (Fsp3) is 0.560. The average molecular weight is 444 g/mol. The monoisotopic (exact) mass is 443 g/mol. The predicted molar refractivity (Wildman–Crippen MR) is 127 cm³/mol. The number of unbranched alkanes of at least 4 members (excludes halogenated alkanes) is 3. The van der Waals surface area contributed by atoms with Crippen molar-refractivity contribution in [2.75, 3.05) is 19.8 Å². The van der Waals surface area contributed by atoms with Gasteiger partial charge < -0.3 is 19.8 Å². The van der Waals surface area contributed by atoms with Gasteiger partial charge in [0.2, 0.25) is 5.90 Å². The van der Waals surface area contributed by atoms with E-state index in [1.807, 2.05) is 32.0 Å². The molecule has 0 fully saturated rings. The van der Waals surface area contributed by atoms with Crippen molar-refractivity contribution in [1.82, 2.24) is 10.3 Å². The number of nitrogens with one attached hydrogen (secondary N) is 3. The van der Waals surface area contributed by atoms with Crippen molar-refractivity contribution >= 4 is 28.7 Å². The van der Waals surface area contributed by atoms with Crippen LogP contribution in [-0.4, -0.2) is 42.5 Å². The Hall–Kier alpha value is -2.83. The molecule has 32 heavy (non-hydrogen) atoms. The minimum atomic E-state index is -0.144. The van der Waals surface area contributed by atoms with Crippen LogP contribution in [0.3, 0.4) is 0 Å². The summed E-state index contributed by atoms with van der Waals surface area (Å²) in [6.45, 7) is 7.28. The van der Waals surface area contributed by atoms with Crippen LogP contribution in [0.25, 0.3) is 10.9 Å². The van der Waals surface area contributed by atoms with E-state index in [1.54, 1.807) is 6.07 Å². The van der Waals surface area contributed by atoms with E-state index in [-0.39, 0.29) is 23.7 Å². The van der Waals surface area contributed by atoms with Gasteiger partial charge in [-0.25, -0.2) is 0 Å². The molecule has 1 aromatic carbocycles. The lowest BCUT2D eigenvalue weighted by atomic mass is 9.95. The first-order chi connectivity index (χ1) is 15.5. The number of aromatic nitrogens is 1. The molecule has 0 radical (unpaired) electrons. The highest BCUT2D eigenvalue weighted by atomic mass is 16.5. The Bertz CT molecular complexity index is 890. The van der Waals surface area contributed by atoms with E-state index in [2.05, 4.69) is 17.2 Å². The van der Waals surface area contributed by atoms with Crippen LogP contribution in [0.2, 0.25) is 0 Å². The topological polar surface area (TPSA) is 104 Å². The molecule has 0 spiro atoms. The van der Waals surface area contributed by atoms with Crippen molar-refractivity contribution in [3.63, 3.8) is 0 Å². The van der Waals surface area contributed by atoms with Gasteiger partial charge in [-0.2, -0.15) is 0 Å². The quantitative estimate of drug-likeness (QED) is 0.162. The van der Waals surface area contributed by atoms with Gasteiger partial charge >= 0.3 is 5.97 Å². The van der Waals surface area contributed by atoms with E-state index < -0.39 is 0 Å². The first-order valence-electron chi connectivity index (χ1n) is 11.8. The van der Waals surface area contributed by atoms with Crippen molar-refractivity contribution in [1.29, 1.82) is 5.41 Å². The van der Waals surface area contributed by atoms with E-state index in [0.717, 1.165) is 55.8 Å². The second-order valence-corrected chi connectivity index (χ2v) is 7.94. The fourth-order valence-corrected chi connectivity index (χ4v) is 3.70. The molecular weight excluding hydrogens is 406 g/mol. The Morgan fingerprint density at radius 1 is 1.00 bits per heavy atom. The van der Waals surface area contributed by atoms with Crippen LogP contribution >= 0.6 is 0 Å². The van der Waals surface area contributed by atoms with Crippen molar-refractivity contribution in [2.24, 2.45) is 5.92 Å². The van der Waals surface area contributed by atoms with Crippen molar-refractivity contribution < 1.29 is 19.1 Å². The molecule has 0 aliphatic rings. The van der Waals surface area contributed by atoms with Gasteiger partial charge in [0.25, 0.3) is 5.91 Å². The van der Waals surface area contributed by atoms with Gasteiger partial charge in [0.1, 0.15) is 5.69 Å². The standard InChI is InChI=1S/C25H37N3O4/c1-4-7-11-18(25(30)32-6-3)12-9-8-10-15-27-24(29)22-17-20-16-19(23(26)31-5-2)13-14-21(20)28-22/h13-14,16-18,26,28H,4-12,15H2,1-3H3,(H,27,29). The summed E-state index contributed by atoms with van der Waals surface area (Å²) >= 11 is 0. The molecule has 3 N–H and O–H groups in total. The molecule has 1 atom stereocenters. The molecule has 0 aliphatic heterocycles. The number of ether oxygens (including phenoxy) is 2. The maximum Gasteiger partial charge on any atom is 0.308 e. The number of carbonyl (C=O) groups is 2. The number of hydrogen-bond donors (Lipinski definition) is 3. The molecule has 176 valence electrons. The third kappa shape index (κ3) is 7.70. The molecule has 7 heteroatoms. The Labute approximate surface area is 190 Å². The van der Waals surface area contributed by atoms with Crippen molar-refractivity contribution in [2.45, 2.75) is 65.7 Å². The summed E-state index contributed by atoms with van der Waals surface area (Å²) in [7, 11) is 0. The number of H-pyrrole nitrogens is 1. The van der Waals surface area contributed by atoms with Gasteiger partial charge in [-0.15, -0.1) is 0 Å². The van der Waals surface area contributed by atoms with Crippen molar-refractivity contribution in [3.8, 4) is 0 Å². The number of rotatable bonds is 14. The number of benzene rings is 1. The second kappa shape index (κ2) is 13.6. The number of aromatic amines is 1. The molecule has 1 unspecified atom stereocenters. The van der Waals surface area contributed by atoms with Gasteiger partial charge in [-0.1, -0.05) is 32.6 Å². The van der Waals surface area contributed by atoms with E-state index >= 15 is 0 Å². The van der Waals surface area contributed by atoms with Crippen LogP contribution in [0.4, 0.5) is 0 Å². The number of carbonyl (C=O) groups excluding carboxylic acids is 2. The highest BCUT2D eigenvalue weighted by molar-refractivity contribution is 6.01. The summed E-state index contributed by atoms with van der Waals surface area (Å²) in [5.41, 5.74) is 2.03. The molecule has 0 bridgehead atoms. The van der Waals surface area contributed by atoms with Crippen LogP contribution in [0.5, 0.6) is 0 Å². The molecule has 0 aliphatic carbocycles. The lowest BCUT2D eigenvalue weighted by Crippen LogP contribution is -2.24. The van der Waals surface area contributed by atoms with E-state index in [9.17, 15) is 9.59 Å². The SMILES string of the molecule is CCCCC(CCCCCNC(=O)c1cc2cc(C(=N)OCC)ccc2[nH]1)C(=O)OCC. The molecule has 1 heterocycles. The summed E-state index contributed by atoms with van der Waals surface area (Å²) in [6.07, 6.45) is 6.61. The number of hydrogen-bond acceptors (Lipinski definition) is 5. The summed E-state index contributed by atoms with van der Waals surface area (Å²) in [5, 5.41) is 11.7. The van der Waals surface area contributed by atoms with E-state index in [1.165, 1.54) is 0 Å². The Kier molecular flexibility index (Phi) is 10.8. The summed E-state index contributed by atoms with van der Waals surface area (Å²) in [4.78, 5) is 27.7. The Morgan fingerprint density at radius 2 is 1.75 bits per heavy atom. The van der Waals surface area contributed by atoms with Crippen molar-refractivity contribution in [3.05, 3.63) is 35.5 Å². The van der Waals surface area contributed by atoms with Gasteiger partial charge in [0.05, 0.1) is 19.1 Å². The third-order valence-electron chi connectivity index (χ3n) is 5.46. The maximum atomic E-state index is 12.5. The van der Waals surface area contributed by atoms with Gasteiger partial charge in [0, 0.05) is 23.0 Å². The molecule has 1 aromatic heterocycles. The molecule has 1 amide bonds. The number of esters is 1. The lowest BCUT2D eigenvalue weighted by Gasteiger charge is -2.15. The average Bonchev–Trinajstić information content (AvgIpc) is 3.21. The first kappa shape index (κ1) is 25.4. The minimum Gasteiger partial charge on any atom is -0.478 e. The van der Waals surface area contributed by atoms with Crippen LogP contribution < -0.4 is 5.32 Å². The summed E-state index contributed by atoms with van der Waals surface area (Å²) in [6, 6.07) is 7.31. The Morgan fingerprint density at radius 3 is 2.47 bits per heavy atom. The third-order valence-corrected chi connectivity index (χ3v) is 5.46. The number of fused-ring (bicyclic) bond motifs is 1. The Balaban J connectivity index is 1.77. The lowest BCUT2D eigenvalue weighted by molar-refractivity contribution is -0.148. The van der Waals surface area contributed by atoms with Crippen LogP contribution in [-0.2, 0) is 14.3 Å². The highest BCUT2D eigenvalue weighted by Crippen LogP contribution is 2.19. The fourth-order valence-electron chi connectivity index (χ4n) is 3.70. The molecular formula is C25H37N3O4. The molecule has 2 rings (SSSR count). The first-order valence-corrected chi connectivity index (χ1v) is 11.8. The van der Waals surface area contributed by atoms with Crippen LogP contribution in [0.1, 0.15) is 81.8 Å². The maximum absolute atomic E-state index is 12.5. The highest BCUT2D eigenvalue weighted by Gasteiger charge is 2.18. The molecule has 2 aromatic rings. The zero-order chi connectivity index (χ0) is 23.3. The predicted octanol–water partition coefficient (Wildman–Crippen LogP) is 5.19. The normalized spacial score (nSPS) is 11.8. The van der Waals surface area contributed by atoms with E-state index in [4.69, 9.17) is 14.9 Å². The van der Waals surface area contributed by atoms with Gasteiger partial charge in [-0.05, 0) is 57.4 Å². The zero-order valence-corrected chi connectivity index (χ0v) is 19.6. The second-order valence-electron chi connectivity index (χ2n) is 7.94. The molecule has 0 saturated carbocycles. The van der Waals surface area contributed by atoms with Crippen LogP contribution in [0.15, 0.2) is 24.3 Å². The summed E-state index contributed by atoms with van der Waals surface area (Å²) < 4.78 is 10.4. The smallest absolute Gasteiger partial charge is 0.308 e. The van der Waals surface area contributed by atoms with E-state index in [0.29, 0.717) is 31.0 Å². The zero-order valence-electron chi connectivity index (χ0n) is 19.6. The molecule has 0 saturated heterocycles. The van der Waals surface area contributed by atoms with Gasteiger partial charge in [-0.3, -0.25) is 15.0 Å². The number of amides is 1. The molecule has 7 nitrogen and oxygen atoms in total. The minimum absolute atomic E-state index is 0.00932. The summed E-state index contributed by atoms with van der Waals surface area (Å²) in [5.74, 6) is -0.103.